The Morgan fingerprint density at radius 2 is 2.19 bits per heavy atom. The van der Waals surface area contributed by atoms with E-state index in [1.165, 1.54) is 7.11 Å². The van der Waals surface area contributed by atoms with Crippen molar-refractivity contribution in [2.75, 3.05) is 13.7 Å². The number of halogens is 1. The Kier molecular flexibility index (Phi) is 4.61. The maximum atomic E-state index is 10.6. The summed E-state index contributed by atoms with van der Waals surface area (Å²) in [6.07, 6.45) is -0.0403. The maximum absolute atomic E-state index is 10.6. The molecule has 5 heteroatoms. The number of aliphatic carboxylic acids is 1. The van der Waals surface area contributed by atoms with Crippen molar-refractivity contribution < 1.29 is 19.4 Å². The monoisotopic (exact) mass is 288 g/mol. The van der Waals surface area contributed by atoms with E-state index in [4.69, 9.17) is 14.6 Å². The normalized spacial score (nSPS) is 9.94. The molecule has 16 heavy (non-hydrogen) atoms. The lowest BCUT2D eigenvalue weighted by molar-refractivity contribution is -0.136. The summed E-state index contributed by atoms with van der Waals surface area (Å²) in [5.41, 5.74) is 0.666. The first-order chi connectivity index (χ1) is 7.58. The molecule has 0 amide bonds. The van der Waals surface area contributed by atoms with Crippen LogP contribution in [0, 0.1) is 0 Å². The van der Waals surface area contributed by atoms with Crippen molar-refractivity contribution in [1.29, 1.82) is 0 Å². The van der Waals surface area contributed by atoms with E-state index in [2.05, 4.69) is 15.9 Å². The molecule has 88 valence electrons. The van der Waals surface area contributed by atoms with E-state index in [1.54, 1.807) is 12.1 Å². The molecule has 0 spiro atoms. The minimum Gasteiger partial charge on any atom is -0.493 e. The predicted molar refractivity (Wildman–Crippen MR) is 63.2 cm³/mol. The zero-order valence-electron chi connectivity index (χ0n) is 9.12. The first-order valence-corrected chi connectivity index (χ1v) is 5.58. The number of benzene rings is 1. The lowest BCUT2D eigenvalue weighted by Crippen LogP contribution is -2.02. The standard InChI is InChI=1S/C11H13BrO4/c1-3-16-11-8(12)4-7(6-10(13)14)5-9(11)15-2/h4-5H,3,6H2,1-2H3,(H,13,14). The van der Waals surface area contributed by atoms with Crippen molar-refractivity contribution >= 4 is 21.9 Å². The van der Waals surface area contributed by atoms with Crippen LogP contribution < -0.4 is 9.47 Å². The van der Waals surface area contributed by atoms with Gasteiger partial charge in [0.05, 0.1) is 24.6 Å². The van der Waals surface area contributed by atoms with Crippen LogP contribution in [0.5, 0.6) is 11.5 Å². The summed E-state index contributed by atoms with van der Waals surface area (Å²) >= 11 is 3.33. The molecule has 4 nitrogen and oxygen atoms in total. The van der Waals surface area contributed by atoms with Gasteiger partial charge in [0.15, 0.2) is 11.5 Å². The van der Waals surface area contributed by atoms with Crippen molar-refractivity contribution in [3.63, 3.8) is 0 Å². The SMILES string of the molecule is CCOc1c(Br)cc(CC(=O)O)cc1OC. The highest BCUT2D eigenvalue weighted by Gasteiger charge is 2.12. The smallest absolute Gasteiger partial charge is 0.307 e. The third kappa shape index (κ3) is 3.13. The first kappa shape index (κ1) is 12.8. The fraction of sp³-hybridized carbons (Fsp3) is 0.364. The van der Waals surface area contributed by atoms with Crippen molar-refractivity contribution in [2.45, 2.75) is 13.3 Å². The third-order valence-corrected chi connectivity index (χ3v) is 2.52. The van der Waals surface area contributed by atoms with Crippen LogP contribution in [0.3, 0.4) is 0 Å². The quantitative estimate of drug-likeness (QED) is 0.904. The van der Waals surface area contributed by atoms with E-state index in [1.807, 2.05) is 6.92 Å². The Labute approximate surface area is 102 Å². The van der Waals surface area contributed by atoms with Crippen LogP contribution in [0.15, 0.2) is 16.6 Å². The van der Waals surface area contributed by atoms with E-state index in [0.717, 1.165) is 0 Å². The largest absolute Gasteiger partial charge is 0.493 e. The summed E-state index contributed by atoms with van der Waals surface area (Å²) in [5, 5.41) is 8.71. The average molecular weight is 289 g/mol. The number of carboxylic acid groups (broad SMARTS) is 1. The molecule has 1 N–H and O–H groups in total. The third-order valence-electron chi connectivity index (χ3n) is 1.93. The molecule has 1 aromatic rings. The van der Waals surface area contributed by atoms with E-state index >= 15 is 0 Å². The van der Waals surface area contributed by atoms with Gasteiger partial charge in [-0.1, -0.05) is 0 Å². The van der Waals surface area contributed by atoms with Crippen molar-refractivity contribution in [2.24, 2.45) is 0 Å². The minimum atomic E-state index is -0.877. The number of methoxy groups -OCH3 is 1. The zero-order chi connectivity index (χ0) is 12.1. The van der Waals surface area contributed by atoms with Crippen molar-refractivity contribution in [1.82, 2.24) is 0 Å². The number of carboxylic acids is 1. The van der Waals surface area contributed by atoms with Gasteiger partial charge in [-0.15, -0.1) is 0 Å². The van der Waals surface area contributed by atoms with Gasteiger partial charge < -0.3 is 14.6 Å². The maximum Gasteiger partial charge on any atom is 0.307 e. The molecule has 0 heterocycles. The zero-order valence-corrected chi connectivity index (χ0v) is 10.7. The number of rotatable bonds is 5. The Bertz CT molecular complexity index is 390. The van der Waals surface area contributed by atoms with Crippen molar-refractivity contribution in [3.05, 3.63) is 22.2 Å². The lowest BCUT2D eigenvalue weighted by atomic mass is 10.1. The molecule has 0 fully saturated rings. The van der Waals surface area contributed by atoms with Gasteiger partial charge in [0.2, 0.25) is 0 Å². The predicted octanol–water partition coefficient (Wildman–Crippen LogP) is 2.48. The number of hydrogen-bond acceptors (Lipinski definition) is 3. The number of hydrogen-bond donors (Lipinski definition) is 1. The molecular weight excluding hydrogens is 276 g/mol. The topological polar surface area (TPSA) is 55.8 Å². The summed E-state index contributed by atoms with van der Waals surface area (Å²) < 4.78 is 11.3. The Morgan fingerprint density at radius 1 is 1.50 bits per heavy atom. The fourth-order valence-electron chi connectivity index (χ4n) is 1.33. The lowest BCUT2D eigenvalue weighted by Gasteiger charge is -2.12. The van der Waals surface area contributed by atoms with Gasteiger partial charge >= 0.3 is 5.97 Å². The summed E-state index contributed by atoms with van der Waals surface area (Å²) in [6, 6.07) is 3.39. The van der Waals surface area contributed by atoms with Crippen LogP contribution in [0.25, 0.3) is 0 Å². The van der Waals surface area contributed by atoms with Gasteiger partial charge in [0, 0.05) is 0 Å². The molecule has 0 aliphatic carbocycles. The van der Waals surface area contributed by atoms with Gasteiger partial charge in [-0.3, -0.25) is 4.79 Å². The second-order valence-corrected chi connectivity index (χ2v) is 3.97. The Morgan fingerprint density at radius 3 is 2.69 bits per heavy atom. The number of carbonyl (C=O) groups is 1. The van der Waals surface area contributed by atoms with Crippen LogP contribution in [-0.2, 0) is 11.2 Å². The summed E-state index contributed by atoms with van der Waals surface area (Å²) in [6.45, 7) is 2.39. The second-order valence-electron chi connectivity index (χ2n) is 3.11. The molecule has 0 saturated carbocycles. The fourth-order valence-corrected chi connectivity index (χ4v) is 1.94. The Balaban J connectivity index is 3.10. The van der Waals surface area contributed by atoms with Crippen LogP contribution in [0.1, 0.15) is 12.5 Å². The molecule has 0 atom stereocenters. The molecular formula is C11H13BrO4. The highest BCUT2D eigenvalue weighted by atomic mass is 79.9. The van der Waals surface area contributed by atoms with Gasteiger partial charge in [0.1, 0.15) is 0 Å². The molecule has 0 unspecified atom stereocenters. The van der Waals surface area contributed by atoms with Crippen LogP contribution in [-0.4, -0.2) is 24.8 Å². The summed E-state index contributed by atoms with van der Waals surface area (Å²) in [4.78, 5) is 10.6. The first-order valence-electron chi connectivity index (χ1n) is 4.79. The van der Waals surface area contributed by atoms with Crippen molar-refractivity contribution in [3.8, 4) is 11.5 Å². The van der Waals surface area contributed by atoms with Gasteiger partial charge in [-0.2, -0.15) is 0 Å². The van der Waals surface area contributed by atoms with Crippen LogP contribution >= 0.6 is 15.9 Å². The molecule has 0 aromatic heterocycles. The molecule has 1 aromatic carbocycles. The summed E-state index contributed by atoms with van der Waals surface area (Å²) in [5.74, 6) is 0.254. The molecule has 0 aliphatic heterocycles. The highest BCUT2D eigenvalue weighted by molar-refractivity contribution is 9.10. The Hall–Kier alpha value is -1.23. The van der Waals surface area contributed by atoms with E-state index in [0.29, 0.717) is 28.1 Å². The van der Waals surface area contributed by atoms with Gasteiger partial charge in [-0.05, 0) is 40.5 Å². The molecule has 1 rings (SSSR count). The van der Waals surface area contributed by atoms with Crippen LogP contribution in [0.2, 0.25) is 0 Å². The molecule has 0 bridgehead atoms. The highest BCUT2D eigenvalue weighted by Crippen LogP contribution is 2.36. The average Bonchev–Trinajstić information content (AvgIpc) is 2.20. The molecule has 0 aliphatic rings. The number of ether oxygens (including phenoxy) is 2. The summed E-state index contributed by atoms with van der Waals surface area (Å²) in [7, 11) is 1.52. The second kappa shape index (κ2) is 5.75. The minimum absolute atomic E-state index is 0.0403. The molecule has 0 saturated heterocycles. The van der Waals surface area contributed by atoms with Gasteiger partial charge in [0.25, 0.3) is 0 Å². The van der Waals surface area contributed by atoms with E-state index in [9.17, 15) is 4.79 Å². The van der Waals surface area contributed by atoms with E-state index < -0.39 is 5.97 Å². The molecule has 0 radical (unpaired) electrons. The van der Waals surface area contributed by atoms with Gasteiger partial charge in [-0.25, -0.2) is 0 Å². The van der Waals surface area contributed by atoms with E-state index in [-0.39, 0.29) is 6.42 Å². The van der Waals surface area contributed by atoms with Crippen LogP contribution in [0.4, 0.5) is 0 Å².